The molecule has 0 spiro atoms. The number of nitrogens with zero attached hydrogens (tertiary/aromatic N) is 1. The first-order chi connectivity index (χ1) is 14.3. The van der Waals surface area contributed by atoms with Gasteiger partial charge in [-0.1, -0.05) is 36.4 Å². The smallest absolute Gasteiger partial charge is 0.407 e. The number of thioether (sulfide) groups is 1. The van der Waals surface area contributed by atoms with Crippen LogP contribution in [0.5, 0.6) is 0 Å². The van der Waals surface area contributed by atoms with Gasteiger partial charge in [-0.3, -0.25) is 0 Å². The minimum absolute atomic E-state index is 0.349. The number of carbonyl (C=O) groups is 1. The fourth-order valence-corrected chi connectivity index (χ4v) is 5.15. The first-order valence-corrected chi connectivity index (χ1v) is 12.1. The zero-order chi connectivity index (χ0) is 21.6. The van der Waals surface area contributed by atoms with Crippen LogP contribution in [-0.2, 0) is 16.9 Å². The average molecular weight is 443 g/mol. The van der Waals surface area contributed by atoms with Gasteiger partial charge in [0.2, 0.25) is 0 Å². The van der Waals surface area contributed by atoms with Gasteiger partial charge in [-0.25, -0.2) is 9.78 Å². The number of hydrogen-bond donors (Lipinski definition) is 1. The van der Waals surface area contributed by atoms with Crippen LogP contribution >= 0.6 is 23.1 Å². The number of ether oxygens (including phenoxy) is 1. The van der Waals surface area contributed by atoms with Crippen LogP contribution in [0.1, 0.15) is 49.7 Å². The topological polar surface area (TPSA) is 51.2 Å². The summed E-state index contributed by atoms with van der Waals surface area (Å²) in [5.41, 5.74) is 3.27. The third-order valence-electron chi connectivity index (χ3n) is 4.47. The van der Waals surface area contributed by atoms with E-state index in [-0.39, 0.29) is 6.09 Å². The molecule has 0 fully saturated rings. The van der Waals surface area contributed by atoms with Crippen molar-refractivity contribution in [3.8, 4) is 0 Å². The molecule has 1 N–H and O–H groups in total. The van der Waals surface area contributed by atoms with Gasteiger partial charge in [0.1, 0.15) is 5.60 Å². The molecule has 160 valence electrons. The molecule has 3 aromatic rings. The van der Waals surface area contributed by atoms with Crippen molar-refractivity contribution >= 4 is 39.4 Å². The number of carbonyl (C=O) groups excluding carboxylic acids is 1. The number of alkyl carbamates (subject to hydrolysis) is 1. The molecule has 0 aliphatic rings. The Morgan fingerprint density at radius 2 is 1.90 bits per heavy atom. The van der Waals surface area contributed by atoms with Crippen LogP contribution in [0.3, 0.4) is 0 Å². The Kier molecular flexibility index (Phi) is 7.78. The number of benzene rings is 2. The minimum atomic E-state index is -0.459. The van der Waals surface area contributed by atoms with E-state index in [1.54, 1.807) is 11.3 Å². The normalized spacial score (nSPS) is 11.6. The summed E-state index contributed by atoms with van der Waals surface area (Å²) in [5, 5.41) is 3.99. The molecule has 0 unspecified atom stereocenters. The highest BCUT2D eigenvalue weighted by Crippen LogP contribution is 2.35. The first kappa shape index (κ1) is 22.6. The van der Waals surface area contributed by atoms with E-state index in [1.807, 2.05) is 38.6 Å². The van der Waals surface area contributed by atoms with Crippen molar-refractivity contribution in [3.05, 3.63) is 58.6 Å². The number of fused-ring (bicyclic) bond motifs is 1. The number of hydrogen-bond acceptors (Lipinski definition) is 5. The molecular weight excluding hydrogens is 412 g/mol. The highest BCUT2D eigenvalue weighted by Gasteiger charge is 2.15. The van der Waals surface area contributed by atoms with Crippen molar-refractivity contribution in [3.63, 3.8) is 0 Å². The summed E-state index contributed by atoms with van der Waals surface area (Å²) in [6.07, 6.45) is 2.47. The van der Waals surface area contributed by atoms with E-state index >= 15 is 0 Å². The van der Waals surface area contributed by atoms with Crippen LogP contribution in [0.4, 0.5) is 4.79 Å². The van der Waals surface area contributed by atoms with Gasteiger partial charge in [0, 0.05) is 17.2 Å². The lowest BCUT2D eigenvalue weighted by atomic mass is 10.2. The zero-order valence-corrected chi connectivity index (χ0v) is 19.8. The second kappa shape index (κ2) is 10.3. The number of rotatable bonds is 8. The van der Waals surface area contributed by atoms with Gasteiger partial charge >= 0.3 is 6.09 Å². The summed E-state index contributed by atoms with van der Waals surface area (Å²) < 4.78 is 6.55. The lowest BCUT2D eigenvalue weighted by Gasteiger charge is -2.19. The van der Waals surface area contributed by atoms with Crippen LogP contribution in [0.15, 0.2) is 47.4 Å². The summed E-state index contributed by atoms with van der Waals surface area (Å²) >= 11 is 3.64. The van der Waals surface area contributed by atoms with Crippen LogP contribution in [0.2, 0.25) is 0 Å². The number of amides is 1. The molecule has 0 atom stereocenters. The van der Waals surface area contributed by atoms with Crippen LogP contribution < -0.4 is 5.32 Å². The van der Waals surface area contributed by atoms with E-state index in [0.717, 1.165) is 35.5 Å². The monoisotopic (exact) mass is 442 g/mol. The molecular formula is C24H30N2O2S2. The van der Waals surface area contributed by atoms with E-state index in [1.165, 1.54) is 20.7 Å². The Labute approximate surface area is 187 Å². The fourth-order valence-electron chi connectivity index (χ4n) is 3.02. The van der Waals surface area contributed by atoms with Gasteiger partial charge in [-0.15, -0.1) is 23.1 Å². The minimum Gasteiger partial charge on any atom is -0.444 e. The highest BCUT2D eigenvalue weighted by atomic mass is 32.2. The molecule has 0 aliphatic heterocycles. The quantitative estimate of drug-likeness (QED) is 0.310. The lowest BCUT2D eigenvalue weighted by molar-refractivity contribution is 0.0527. The highest BCUT2D eigenvalue weighted by molar-refractivity contribution is 7.98. The number of aryl methyl sites for hydroxylation is 2. The summed E-state index contributed by atoms with van der Waals surface area (Å²) in [6, 6.07) is 14.9. The van der Waals surface area contributed by atoms with Crippen molar-refractivity contribution < 1.29 is 9.53 Å². The Bertz CT molecular complexity index is 978. The Morgan fingerprint density at radius 3 is 2.63 bits per heavy atom. The van der Waals surface area contributed by atoms with Gasteiger partial charge in [0.05, 0.1) is 15.2 Å². The summed E-state index contributed by atoms with van der Waals surface area (Å²) in [5.74, 6) is 0.947. The summed E-state index contributed by atoms with van der Waals surface area (Å²) in [7, 11) is 0. The maximum atomic E-state index is 11.7. The number of nitrogens with one attached hydrogen (secondary N) is 1. The fraction of sp³-hybridized carbons (Fsp3) is 0.417. The summed E-state index contributed by atoms with van der Waals surface area (Å²) in [6.45, 7) is 8.38. The van der Waals surface area contributed by atoms with Crippen LogP contribution in [0, 0.1) is 6.92 Å². The molecule has 2 aromatic carbocycles. The van der Waals surface area contributed by atoms with Gasteiger partial charge in [0.15, 0.2) is 0 Å². The van der Waals surface area contributed by atoms with Gasteiger partial charge < -0.3 is 10.1 Å². The molecule has 3 rings (SSSR count). The number of thiazole rings is 1. The van der Waals surface area contributed by atoms with E-state index in [4.69, 9.17) is 9.72 Å². The Balaban J connectivity index is 1.54. The third kappa shape index (κ3) is 6.74. The predicted octanol–water partition coefficient (Wildman–Crippen LogP) is 6.74. The van der Waals surface area contributed by atoms with Crippen molar-refractivity contribution in [2.24, 2.45) is 0 Å². The number of aromatic nitrogens is 1. The molecule has 1 heterocycles. The molecule has 0 radical (unpaired) electrons. The van der Waals surface area contributed by atoms with Crippen LogP contribution in [0.25, 0.3) is 10.2 Å². The number of unbranched alkanes of at least 4 members (excludes halogenated alkanes) is 1. The third-order valence-corrected chi connectivity index (χ3v) is 6.84. The van der Waals surface area contributed by atoms with Crippen LogP contribution in [-0.4, -0.2) is 23.2 Å². The van der Waals surface area contributed by atoms with E-state index in [0.29, 0.717) is 6.54 Å². The molecule has 0 bridgehead atoms. The average Bonchev–Trinajstić information content (AvgIpc) is 3.12. The molecule has 0 saturated carbocycles. The summed E-state index contributed by atoms with van der Waals surface area (Å²) in [4.78, 5) is 17.9. The predicted molar refractivity (Wildman–Crippen MR) is 128 cm³/mol. The standard InChI is InChI=1S/C24H30N2O2S2/c1-17-13-14-19(29-16-18-10-6-5-7-11-18)21-22(17)30-20(26-21)12-8-9-15-25-23(27)28-24(2,3)4/h5-7,10-11,13-14H,8-9,12,15-16H2,1-4H3,(H,25,27). The maximum Gasteiger partial charge on any atom is 0.407 e. The van der Waals surface area contributed by atoms with E-state index < -0.39 is 5.60 Å². The molecule has 6 heteroatoms. The molecule has 4 nitrogen and oxygen atoms in total. The van der Waals surface area contributed by atoms with Crippen molar-refractivity contribution in [1.29, 1.82) is 0 Å². The van der Waals surface area contributed by atoms with Crippen molar-refractivity contribution in [2.45, 2.75) is 63.2 Å². The lowest BCUT2D eigenvalue weighted by Crippen LogP contribution is -2.33. The molecule has 0 saturated heterocycles. The van der Waals surface area contributed by atoms with Gasteiger partial charge in [-0.2, -0.15) is 0 Å². The zero-order valence-electron chi connectivity index (χ0n) is 18.2. The molecule has 30 heavy (non-hydrogen) atoms. The molecule has 1 aromatic heterocycles. The SMILES string of the molecule is Cc1ccc(SCc2ccccc2)c2nc(CCCCNC(=O)OC(C)(C)C)sc12. The molecule has 1 amide bonds. The van der Waals surface area contributed by atoms with E-state index in [9.17, 15) is 4.79 Å². The second-order valence-corrected chi connectivity index (χ2v) is 10.4. The van der Waals surface area contributed by atoms with E-state index in [2.05, 4.69) is 48.6 Å². The maximum absolute atomic E-state index is 11.7. The first-order valence-electron chi connectivity index (χ1n) is 10.3. The Morgan fingerprint density at radius 1 is 1.13 bits per heavy atom. The van der Waals surface area contributed by atoms with Gasteiger partial charge in [-0.05, 0) is 64.2 Å². The Hall–Kier alpha value is -2.05. The van der Waals surface area contributed by atoms with Gasteiger partial charge in [0.25, 0.3) is 0 Å². The largest absolute Gasteiger partial charge is 0.444 e. The van der Waals surface area contributed by atoms with Crippen molar-refractivity contribution in [1.82, 2.24) is 10.3 Å². The molecule has 0 aliphatic carbocycles. The van der Waals surface area contributed by atoms with Crippen molar-refractivity contribution in [2.75, 3.05) is 6.54 Å². The second-order valence-electron chi connectivity index (χ2n) is 8.33.